The van der Waals surface area contributed by atoms with E-state index in [1.807, 2.05) is 20.8 Å². The Morgan fingerprint density at radius 2 is 2.00 bits per heavy atom. The molecule has 1 saturated carbocycles. The second kappa shape index (κ2) is 9.10. The number of carbonyl (C=O) groups excluding carboxylic acids is 1. The Hall–Kier alpha value is -1.60. The summed E-state index contributed by atoms with van der Waals surface area (Å²) >= 11 is 0. The van der Waals surface area contributed by atoms with Gasteiger partial charge in [-0.25, -0.2) is 4.79 Å². The maximum absolute atomic E-state index is 11.8. The van der Waals surface area contributed by atoms with E-state index in [1.165, 1.54) is 17.7 Å². The van der Waals surface area contributed by atoms with Crippen molar-refractivity contribution in [3.63, 3.8) is 0 Å². The van der Waals surface area contributed by atoms with Crippen molar-refractivity contribution in [1.29, 1.82) is 0 Å². The van der Waals surface area contributed by atoms with Crippen molar-refractivity contribution in [2.75, 3.05) is 26.7 Å². The van der Waals surface area contributed by atoms with Gasteiger partial charge in [0.05, 0.1) is 17.9 Å². The molecule has 0 unspecified atom stereocenters. The SMILES string of the molecule is Cc1[nH]nc([C@H]2CC[C@]3(CC2)CC(C)(C)CO3)c1CN(C)CCNC(=O)OC(C)(C)C. The predicted octanol–water partition coefficient (Wildman–Crippen LogP) is 4.52. The van der Waals surface area contributed by atoms with Crippen LogP contribution in [-0.2, 0) is 16.0 Å². The Labute approximate surface area is 187 Å². The van der Waals surface area contributed by atoms with Gasteiger partial charge in [-0.15, -0.1) is 0 Å². The highest BCUT2D eigenvalue weighted by molar-refractivity contribution is 5.67. The number of hydrogen-bond donors (Lipinski definition) is 2. The summed E-state index contributed by atoms with van der Waals surface area (Å²) in [6.07, 6.45) is 5.33. The van der Waals surface area contributed by atoms with Crippen molar-refractivity contribution in [3.8, 4) is 0 Å². The van der Waals surface area contributed by atoms with Gasteiger partial charge in [-0.2, -0.15) is 5.10 Å². The van der Waals surface area contributed by atoms with E-state index in [1.54, 1.807) is 0 Å². The number of alkyl carbamates (subject to hydrolysis) is 1. The number of H-pyrrole nitrogens is 1. The van der Waals surface area contributed by atoms with Gasteiger partial charge in [-0.1, -0.05) is 13.8 Å². The average Bonchev–Trinajstić information content (AvgIpc) is 3.14. The van der Waals surface area contributed by atoms with E-state index in [-0.39, 0.29) is 11.7 Å². The third-order valence-corrected chi connectivity index (χ3v) is 6.55. The molecule has 31 heavy (non-hydrogen) atoms. The molecular weight excluding hydrogens is 392 g/mol. The lowest BCUT2D eigenvalue weighted by Crippen LogP contribution is -2.37. The fourth-order valence-corrected chi connectivity index (χ4v) is 5.08. The molecule has 2 N–H and O–H groups in total. The van der Waals surface area contributed by atoms with Crippen LogP contribution in [0.15, 0.2) is 0 Å². The molecule has 2 fully saturated rings. The van der Waals surface area contributed by atoms with Crippen LogP contribution in [0.4, 0.5) is 4.79 Å². The standard InChI is InChI=1S/C24H42N4O3/c1-17-19(14-28(7)13-12-25-21(29)31-22(2,3)4)20(27-26-17)18-8-10-24(11-9-18)15-23(5,6)16-30-24/h18H,8-16H2,1-7H3,(H,25,29)(H,26,27)/t18-,24-. The molecule has 0 radical (unpaired) electrons. The number of hydrogen-bond acceptors (Lipinski definition) is 5. The summed E-state index contributed by atoms with van der Waals surface area (Å²) in [5.41, 5.74) is 3.58. The molecule has 1 spiro atoms. The van der Waals surface area contributed by atoms with E-state index in [4.69, 9.17) is 14.6 Å². The maximum atomic E-state index is 11.8. The first kappa shape index (κ1) is 24.1. The van der Waals surface area contributed by atoms with Crippen LogP contribution in [0.1, 0.15) is 89.6 Å². The zero-order valence-electron chi connectivity index (χ0n) is 20.6. The number of nitrogens with zero attached hydrogens (tertiary/aromatic N) is 2. The Morgan fingerprint density at radius 3 is 2.58 bits per heavy atom. The molecule has 176 valence electrons. The highest BCUT2D eigenvalue weighted by atomic mass is 16.6. The molecule has 1 aliphatic heterocycles. The number of aromatic amines is 1. The lowest BCUT2D eigenvalue weighted by molar-refractivity contribution is -0.0296. The number of aryl methyl sites for hydroxylation is 1. The second-order valence-electron chi connectivity index (χ2n) is 11.5. The molecule has 1 aromatic heterocycles. The molecule has 2 heterocycles. The number of nitrogens with one attached hydrogen (secondary N) is 2. The van der Waals surface area contributed by atoms with Crippen LogP contribution < -0.4 is 5.32 Å². The van der Waals surface area contributed by atoms with Crippen molar-refractivity contribution in [1.82, 2.24) is 20.4 Å². The van der Waals surface area contributed by atoms with Crippen molar-refractivity contribution in [2.24, 2.45) is 5.41 Å². The topological polar surface area (TPSA) is 79.5 Å². The molecule has 1 amide bonds. The molecule has 0 bridgehead atoms. The fourth-order valence-electron chi connectivity index (χ4n) is 5.08. The van der Waals surface area contributed by atoms with Crippen molar-refractivity contribution in [3.05, 3.63) is 17.0 Å². The minimum absolute atomic E-state index is 0.0929. The Morgan fingerprint density at radius 1 is 1.32 bits per heavy atom. The number of carbonyl (C=O) groups is 1. The summed E-state index contributed by atoms with van der Waals surface area (Å²) in [5.74, 6) is 0.492. The molecule has 0 aromatic carbocycles. The van der Waals surface area contributed by atoms with Crippen LogP contribution in [-0.4, -0.2) is 59.1 Å². The Balaban J connectivity index is 1.51. The summed E-state index contributed by atoms with van der Waals surface area (Å²) in [7, 11) is 2.08. The van der Waals surface area contributed by atoms with Gasteiger partial charge in [0.25, 0.3) is 0 Å². The zero-order valence-corrected chi connectivity index (χ0v) is 20.6. The van der Waals surface area contributed by atoms with E-state index in [9.17, 15) is 4.79 Å². The molecule has 2 aliphatic rings. The Kier molecular flexibility index (Phi) is 7.06. The maximum Gasteiger partial charge on any atom is 0.407 e. The van der Waals surface area contributed by atoms with Gasteiger partial charge in [0.15, 0.2) is 0 Å². The number of rotatable bonds is 6. The van der Waals surface area contributed by atoms with Gasteiger partial charge in [-0.3, -0.25) is 5.10 Å². The summed E-state index contributed by atoms with van der Waals surface area (Å²) < 4.78 is 11.6. The summed E-state index contributed by atoms with van der Waals surface area (Å²) in [5, 5.41) is 10.8. The second-order valence-corrected chi connectivity index (χ2v) is 11.5. The predicted molar refractivity (Wildman–Crippen MR) is 122 cm³/mol. The monoisotopic (exact) mass is 434 g/mol. The van der Waals surface area contributed by atoms with Crippen molar-refractivity contribution in [2.45, 2.75) is 97.3 Å². The van der Waals surface area contributed by atoms with Crippen LogP contribution in [0.25, 0.3) is 0 Å². The lowest BCUT2D eigenvalue weighted by Gasteiger charge is -2.37. The highest BCUT2D eigenvalue weighted by Gasteiger charge is 2.46. The van der Waals surface area contributed by atoms with Gasteiger partial charge in [0.2, 0.25) is 0 Å². The van der Waals surface area contributed by atoms with Crippen molar-refractivity contribution >= 4 is 6.09 Å². The third-order valence-electron chi connectivity index (χ3n) is 6.55. The normalized spacial score (nSPS) is 25.9. The van der Waals surface area contributed by atoms with Gasteiger partial charge < -0.3 is 19.7 Å². The highest BCUT2D eigenvalue weighted by Crippen LogP contribution is 2.50. The average molecular weight is 435 g/mol. The first-order valence-electron chi connectivity index (χ1n) is 11.7. The first-order valence-corrected chi connectivity index (χ1v) is 11.7. The number of ether oxygens (including phenoxy) is 2. The largest absolute Gasteiger partial charge is 0.444 e. The zero-order chi connectivity index (χ0) is 22.9. The number of aromatic nitrogens is 2. The number of amides is 1. The molecule has 1 aromatic rings. The van der Waals surface area contributed by atoms with Crippen LogP contribution in [0.5, 0.6) is 0 Å². The lowest BCUT2D eigenvalue weighted by atomic mass is 9.72. The van der Waals surface area contributed by atoms with E-state index < -0.39 is 5.60 Å². The Bertz CT molecular complexity index is 757. The molecule has 7 heteroatoms. The van der Waals surface area contributed by atoms with E-state index in [0.717, 1.165) is 51.1 Å². The van der Waals surface area contributed by atoms with Crippen LogP contribution in [0.3, 0.4) is 0 Å². The minimum atomic E-state index is -0.476. The van der Waals surface area contributed by atoms with E-state index in [0.29, 0.717) is 17.9 Å². The number of likely N-dealkylation sites (N-methyl/N-ethyl adjacent to an activating group) is 1. The molecular formula is C24H42N4O3. The summed E-state index contributed by atoms with van der Waals surface area (Å²) in [6, 6.07) is 0. The first-order chi connectivity index (χ1) is 14.4. The van der Waals surface area contributed by atoms with E-state index in [2.05, 4.69) is 43.1 Å². The van der Waals surface area contributed by atoms with Crippen molar-refractivity contribution < 1.29 is 14.3 Å². The molecule has 0 atom stereocenters. The van der Waals surface area contributed by atoms with Gasteiger partial charge in [-0.05, 0) is 72.3 Å². The quantitative estimate of drug-likeness (QED) is 0.688. The van der Waals surface area contributed by atoms with E-state index >= 15 is 0 Å². The summed E-state index contributed by atoms with van der Waals surface area (Å²) in [4.78, 5) is 14.1. The molecule has 1 saturated heterocycles. The minimum Gasteiger partial charge on any atom is -0.444 e. The molecule has 7 nitrogen and oxygen atoms in total. The smallest absolute Gasteiger partial charge is 0.407 e. The molecule has 3 rings (SSSR count). The van der Waals surface area contributed by atoms with Gasteiger partial charge >= 0.3 is 6.09 Å². The third kappa shape index (κ3) is 6.45. The molecule has 1 aliphatic carbocycles. The van der Waals surface area contributed by atoms with Crippen LogP contribution in [0, 0.1) is 12.3 Å². The summed E-state index contributed by atoms with van der Waals surface area (Å²) in [6.45, 7) is 15.3. The van der Waals surface area contributed by atoms with Crippen LogP contribution in [0.2, 0.25) is 0 Å². The van der Waals surface area contributed by atoms with Gasteiger partial charge in [0, 0.05) is 36.8 Å². The fraction of sp³-hybridized carbons (Fsp3) is 0.833. The van der Waals surface area contributed by atoms with Gasteiger partial charge in [0.1, 0.15) is 5.60 Å². The van der Waals surface area contributed by atoms with Crippen LogP contribution >= 0.6 is 0 Å².